The highest BCUT2D eigenvalue weighted by Gasteiger charge is 2.12. The second kappa shape index (κ2) is 6.74. The van der Waals surface area contributed by atoms with Crippen molar-refractivity contribution < 1.29 is 14.7 Å². The van der Waals surface area contributed by atoms with Gasteiger partial charge in [0.15, 0.2) is 0 Å². The Bertz CT molecular complexity index is 432. The van der Waals surface area contributed by atoms with E-state index < -0.39 is 5.97 Å². The lowest BCUT2D eigenvalue weighted by atomic mass is 10.1. The molecule has 0 aliphatic rings. The zero-order valence-electron chi connectivity index (χ0n) is 10.6. The molecule has 2 N–H and O–H groups in total. The Morgan fingerprint density at radius 1 is 1.50 bits per heavy atom. The maximum atomic E-state index is 11.9. The Balaban J connectivity index is 2.66. The van der Waals surface area contributed by atoms with Crippen molar-refractivity contribution in [2.45, 2.75) is 39.2 Å². The highest BCUT2D eigenvalue weighted by Crippen LogP contribution is 2.05. The fraction of sp³-hybridized carbons (Fsp3) is 0.462. The normalized spacial score (nSPS) is 11.9. The second-order valence-electron chi connectivity index (χ2n) is 4.25. The van der Waals surface area contributed by atoms with Gasteiger partial charge in [-0.2, -0.15) is 0 Å². The summed E-state index contributed by atoms with van der Waals surface area (Å²) in [5.41, 5.74) is 0.203. The molecule has 5 heteroatoms. The van der Waals surface area contributed by atoms with E-state index in [1.54, 1.807) is 0 Å². The predicted octanol–water partition coefficient (Wildman–Crippen LogP) is 2.09. The van der Waals surface area contributed by atoms with Crippen LogP contribution in [0.3, 0.4) is 0 Å². The highest BCUT2D eigenvalue weighted by atomic mass is 16.4. The molecule has 1 unspecified atom stereocenters. The van der Waals surface area contributed by atoms with Gasteiger partial charge in [-0.1, -0.05) is 19.8 Å². The number of nitrogens with zero attached hydrogens (tertiary/aromatic N) is 1. The van der Waals surface area contributed by atoms with E-state index in [9.17, 15) is 9.59 Å². The molecule has 1 amide bonds. The minimum Gasteiger partial charge on any atom is -0.477 e. The number of aromatic carboxylic acids is 1. The number of pyridine rings is 1. The highest BCUT2D eigenvalue weighted by molar-refractivity contribution is 5.96. The molecule has 1 rings (SSSR count). The molecule has 0 aromatic carbocycles. The number of amides is 1. The van der Waals surface area contributed by atoms with Gasteiger partial charge < -0.3 is 10.4 Å². The van der Waals surface area contributed by atoms with Crippen LogP contribution in [-0.2, 0) is 0 Å². The van der Waals surface area contributed by atoms with Crippen LogP contribution in [0.2, 0.25) is 0 Å². The maximum Gasteiger partial charge on any atom is 0.354 e. The second-order valence-corrected chi connectivity index (χ2v) is 4.25. The van der Waals surface area contributed by atoms with Crippen LogP contribution in [-0.4, -0.2) is 28.0 Å². The zero-order valence-corrected chi connectivity index (χ0v) is 10.6. The van der Waals surface area contributed by atoms with Gasteiger partial charge in [-0.15, -0.1) is 0 Å². The minimum atomic E-state index is -1.14. The third-order valence-corrected chi connectivity index (χ3v) is 2.61. The van der Waals surface area contributed by atoms with Crippen LogP contribution in [0.1, 0.15) is 54.0 Å². The van der Waals surface area contributed by atoms with Crippen molar-refractivity contribution in [1.29, 1.82) is 0 Å². The zero-order chi connectivity index (χ0) is 13.5. The summed E-state index contributed by atoms with van der Waals surface area (Å²) in [5, 5.41) is 11.6. The van der Waals surface area contributed by atoms with Crippen molar-refractivity contribution in [2.24, 2.45) is 0 Å². The summed E-state index contributed by atoms with van der Waals surface area (Å²) in [4.78, 5) is 26.3. The number of aromatic nitrogens is 1. The van der Waals surface area contributed by atoms with Crippen LogP contribution in [0.25, 0.3) is 0 Å². The van der Waals surface area contributed by atoms with Gasteiger partial charge in [0, 0.05) is 17.8 Å². The lowest BCUT2D eigenvalue weighted by Crippen LogP contribution is -2.32. The first kappa shape index (κ1) is 14.2. The number of unbranched alkanes of at least 4 members (excludes halogenated alkanes) is 1. The van der Waals surface area contributed by atoms with E-state index >= 15 is 0 Å². The molecule has 18 heavy (non-hydrogen) atoms. The van der Waals surface area contributed by atoms with Crippen LogP contribution in [0, 0.1) is 0 Å². The monoisotopic (exact) mass is 250 g/mol. The fourth-order valence-corrected chi connectivity index (χ4v) is 1.58. The summed E-state index contributed by atoms with van der Waals surface area (Å²) in [7, 11) is 0. The quantitative estimate of drug-likeness (QED) is 0.810. The van der Waals surface area contributed by atoms with Crippen LogP contribution >= 0.6 is 0 Å². The van der Waals surface area contributed by atoms with Gasteiger partial charge in [-0.25, -0.2) is 9.78 Å². The molecule has 0 aliphatic heterocycles. The first-order chi connectivity index (χ1) is 8.54. The molecule has 0 saturated carbocycles. The van der Waals surface area contributed by atoms with Gasteiger partial charge in [-0.05, 0) is 25.5 Å². The number of nitrogens with one attached hydrogen (secondary N) is 1. The van der Waals surface area contributed by atoms with E-state index in [2.05, 4.69) is 17.2 Å². The molecular formula is C13H18N2O3. The van der Waals surface area contributed by atoms with Gasteiger partial charge in [-0.3, -0.25) is 4.79 Å². The smallest absolute Gasteiger partial charge is 0.354 e. The van der Waals surface area contributed by atoms with Gasteiger partial charge >= 0.3 is 5.97 Å². The van der Waals surface area contributed by atoms with Gasteiger partial charge in [0.1, 0.15) is 5.69 Å². The SMILES string of the molecule is CCCCC(C)NC(=O)c1ccnc(C(=O)O)c1. The topological polar surface area (TPSA) is 79.3 Å². The summed E-state index contributed by atoms with van der Waals surface area (Å²) in [5.74, 6) is -1.40. The molecule has 5 nitrogen and oxygen atoms in total. The number of carboxylic acids is 1. The predicted molar refractivity (Wildman–Crippen MR) is 67.6 cm³/mol. The lowest BCUT2D eigenvalue weighted by molar-refractivity contribution is 0.0690. The Labute approximate surface area is 106 Å². The number of hydrogen-bond donors (Lipinski definition) is 2. The van der Waals surface area contributed by atoms with E-state index in [1.165, 1.54) is 18.3 Å². The molecular weight excluding hydrogens is 232 g/mol. The number of carbonyl (C=O) groups is 2. The summed E-state index contributed by atoms with van der Waals surface area (Å²) in [6.07, 6.45) is 4.38. The van der Waals surface area contributed by atoms with Crippen LogP contribution in [0.4, 0.5) is 0 Å². The Morgan fingerprint density at radius 2 is 2.22 bits per heavy atom. The molecule has 0 radical (unpaired) electrons. The largest absolute Gasteiger partial charge is 0.477 e. The first-order valence-corrected chi connectivity index (χ1v) is 6.04. The van der Waals surface area contributed by atoms with Gasteiger partial charge in [0.2, 0.25) is 0 Å². The van der Waals surface area contributed by atoms with E-state index in [-0.39, 0.29) is 17.6 Å². The molecule has 0 saturated heterocycles. The van der Waals surface area contributed by atoms with Crippen molar-refractivity contribution in [3.8, 4) is 0 Å². The number of carboxylic acid groups (broad SMARTS) is 1. The van der Waals surface area contributed by atoms with Crippen molar-refractivity contribution >= 4 is 11.9 Å². The molecule has 0 spiro atoms. The molecule has 1 aromatic rings. The molecule has 98 valence electrons. The number of carbonyl (C=O) groups excluding carboxylic acids is 1. The molecule has 1 atom stereocenters. The van der Waals surface area contributed by atoms with E-state index in [0.29, 0.717) is 5.56 Å². The summed E-state index contributed by atoms with van der Waals surface area (Å²) >= 11 is 0. The van der Waals surface area contributed by atoms with E-state index in [0.717, 1.165) is 19.3 Å². The minimum absolute atomic E-state index is 0.0823. The molecule has 0 bridgehead atoms. The number of rotatable bonds is 6. The van der Waals surface area contributed by atoms with Gasteiger partial charge in [0.05, 0.1) is 0 Å². The van der Waals surface area contributed by atoms with Crippen molar-refractivity contribution in [2.75, 3.05) is 0 Å². The van der Waals surface area contributed by atoms with Crippen molar-refractivity contribution in [3.63, 3.8) is 0 Å². The Morgan fingerprint density at radius 3 is 2.83 bits per heavy atom. The Hall–Kier alpha value is -1.91. The summed E-state index contributed by atoms with van der Waals surface area (Å²) < 4.78 is 0. The van der Waals surface area contributed by atoms with E-state index in [4.69, 9.17) is 5.11 Å². The fourth-order valence-electron chi connectivity index (χ4n) is 1.58. The van der Waals surface area contributed by atoms with Gasteiger partial charge in [0.25, 0.3) is 5.91 Å². The average molecular weight is 250 g/mol. The number of hydrogen-bond acceptors (Lipinski definition) is 3. The third kappa shape index (κ3) is 4.16. The first-order valence-electron chi connectivity index (χ1n) is 6.04. The van der Waals surface area contributed by atoms with Crippen LogP contribution in [0.5, 0.6) is 0 Å². The third-order valence-electron chi connectivity index (χ3n) is 2.61. The average Bonchev–Trinajstić information content (AvgIpc) is 2.36. The maximum absolute atomic E-state index is 11.9. The van der Waals surface area contributed by atoms with E-state index in [1.807, 2.05) is 6.92 Å². The Kier molecular flexibility index (Phi) is 5.30. The molecule has 1 aromatic heterocycles. The standard InChI is InChI=1S/C13H18N2O3/c1-3-4-5-9(2)15-12(16)10-6-7-14-11(8-10)13(17)18/h6-9H,3-5H2,1-2H3,(H,15,16)(H,17,18). The van der Waals surface area contributed by atoms with Crippen molar-refractivity contribution in [1.82, 2.24) is 10.3 Å². The van der Waals surface area contributed by atoms with Crippen LogP contribution < -0.4 is 5.32 Å². The van der Waals surface area contributed by atoms with Crippen LogP contribution in [0.15, 0.2) is 18.3 Å². The summed E-state index contributed by atoms with van der Waals surface area (Å²) in [6, 6.07) is 2.87. The lowest BCUT2D eigenvalue weighted by Gasteiger charge is -2.13. The molecule has 0 fully saturated rings. The summed E-state index contributed by atoms with van der Waals surface area (Å²) in [6.45, 7) is 4.03. The molecule has 1 heterocycles. The van der Waals surface area contributed by atoms with Crippen molar-refractivity contribution in [3.05, 3.63) is 29.6 Å². The molecule has 0 aliphatic carbocycles.